The molecule has 3 heteroatoms. The van der Waals surface area contributed by atoms with E-state index in [1.165, 1.54) is 0 Å². The minimum Gasteiger partial charge on any atom is -0.387 e. The van der Waals surface area contributed by atoms with Gasteiger partial charge in [0.15, 0.2) is 0 Å². The van der Waals surface area contributed by atoms with Crippen LogP contribution >= 0.6 is 0 Å². The Kier molecular flexibility index (Phi) is 0.947. The van der Waals surface area contributed by atoms with Crippen molar-refractivity contribution in [2.45, 2.75) is 12.0 Å². The molecule has 3 aliphatic rings. The lowest BCUT2D eigenvalue weighted by atomic mass is 9.53. The second-order valence-electron chi connectivity index (χ2n) is 4.21. The topological polar surface area (TPSA) is 41.5 Å². The Morgan fingerprint density at radius 3 is 3.09 bits per heavy atom. The molecule has 0 amide bonds. The average Bonchev–Trinajstić information content (AvgIpc) is 2.42. The minimum atomic E-state index is -0.471. The van der Waals surface area contributed by atoms with E-state index in [4.69, 9.17) is 4.74 Å². The zero-order valence-electron chi connectivity index (χ0n) is 6.47. The molecule has 62 valence electrons. The molecule has 2 aliphatic heterocycles. The largest absolute Gasteiger partial charge is 0.387 e. The van der Waals surface area contributed by atoms with Crippen LogP contribution in [0.25, 0.3) is 0 Å². The van der Waals surface area contributed by atoms with Crippen LogP contribution in [-0.4, -0.2) is 37.0 Å². The van der Waals surface area contributed by atoms with Crippen molar-refractivity contribution in [3.8, 4) is 0 Å². The van der Waals surface area contributed by atoms with Crippen molar-refractivity contribution in [1.29, 1.82) is 0 Å². The van der Waals surface area contributed by atoms with Crippen LogP contribution in [0.4, 0.5) is 0 Å². The van der Waals surface area contributed by atoms with Crippen LogP contribution in [-0.2, 0) is 4.74 Å². The van der Waals surface area contributed by atoms with Gasteiger partial charge in [-0.15, -0.1) is 0 Å². The first-order chi connectivity index (χ1) is 5.27. The summed E-state index contributed by atoms with van der Waals surface area (Å²) in [7, 11) is 0. The van der Waals surface area contributed by atoms with E-state index < -0.39 is 5.60 Å². The van der Waals surface area contributed by atoms with Gasteiger partial charge in [0.2, 0.25) is 0 Å². The molecule has 3 fully saturated rings. The van der Waals surface area contributed by atoms with Gasteiger partial charge in [-0.3, -0.25) is 0 Å². The molecule has 3 atom stereocenters. The quantitative estimate of drug-likeness (QED) is 0.489. The van der Waals surface area contributed by atoms with Crippen LogP contribution in [0.2, 0.25) is 0 Å². The Hall–Kier alpha value is -0.120. The molecule has 3 nitrogen and oxygen atoms in total. The maximum absolute atomic E-state index is 10.0. The van der Waals surface area contributed by atoms with Gasteiger partial charge in [-0.1, -0.05) is 0 Å². The molecule has 0 radical (unpaired) electrons. The van der Waals surface area contributed by atoms with Gasteiger partial charge < -0.3 is 15.2 Å². The first-order valence-electron chi connectivity index (χ1n) is 4.28. The van der Waals surface area contributed by atoms with Gasteiger partial charge in [0.25, 0.3) is 0 Å². The first-order valence-corrected chi connectivity index (χ1v) is 4.28. The van der Waals surface area contributed by atoms with E-state index in [-0.39, 0.29) is 5.41 Å². The number of aliphatic hydroxyl groups is 1. The van der Waals surface area contributed by atoms with Crippen LogP contribution in [0.3, 0.4) is 0 Å². The summed E-state index contributed by atoms with van der Waals surface area (Å²) in [6, 6.07) is 0. The Balaban J connectivity index is 2.01. The normalized spacial score (nSPS) is 60.3. The van der Waals surface area contributed by atoms with E-state index in [0.717, 1.165) is 26.1 Å². The van der Waals surface area contributed by atoms with Crippen molar-refractivity contribution in [3.05, 3.63) is 0 Å². The molecule has 2 saturated heterocycles. The smallest absolute Gasteiger partial charge is 0.0976 e. The number of ether oxygens (including phenoxy) is 1. The maximum Gasteiger partial charge on any atom is 0.0976 e. The molecule has 3 unspecified atom stereocenters. The lowest BCUT2D eigenvalue weighted by Gasteiger charge is -2.52. The van der Waals surface area contributed by atoms with Crippen molar-refractivity contribution in [2.75, 3.05) is 26.3 Å². The van der Waals surface area contributed by atoms with Crippen LogP contribution in [0, 0.1) is 11.3 Å². The van der Waals surface area contributed by atoms with Gasteiger partial charge in [-0.05, 0) is 18.9 Å². The molecular weight excluding hydrogens is 142 g/mol. The maximum atomic E-state index is 10.0. The zero-order valence-corrected chi connectivity index (χ0v) is 6.47. The monoisotopic (exact) mass is 155 g/mol. The summed E-state index contributed by atoms with van der Waals surface area (Å²) < 4.78 is 5.35. The fourth-order valence-corrected chi connectivity index (χ4v) is 3.01. The molecule has 1 saturated carbocycles. The summed E-state index contributed by atoms with van der Waals surface area (Å²) in [4.78, 5) is 0. The molecular formula is C8H13NO2. The summed E-state index contributed by atoms with van der Waals surface area (Å²) in [6.45, 7) is 3.35. The molecule has 1 spiro atoms. The second-order valence-corrected chi connectivity index (χ2v) is 4.21. The van der Waals surface area contributed by atoms with E-state index in [0.29, 0.717) is 12.5 Å². The van der Waals surface area contributed by atoms with Crippen molar-refractivity contribution in [2.24, 2.45) is 11.3 Å². The van der Waals surface area contributed by atoms with Gasteiger partial charge in [-0.2, -0.15) is 0 Å². The Morgan fingerprint density at radius 2 is 2.36 bits per heavy atom. The van der Waals surface area contributed by atoms with Crippen LogP contribution < -0.4 is 5.32 Å². The zero-order chi connectivity index (χ0) is 7.53. The minimum absolute atomic E-state index is 0.104. The van der Waals surface area contributed by atoms with Crippen LogP contribution in [0.5, 0.6) is 0 Å². The number of hydrogen-bond acceptors (Lipinski definition) is 3. The first kappa shape index (κ1) is 6.40. The second kappa shape index (κ2) is 1.63. The van der Waals surface area contributed by atoms with E-state index in [1.54, 1.807) is 0 Å². The summed E-state index contributed by atoms with van der Waals surface area (Å²) in [6.07, 6.45) is 0.944. The lowest BCUT2D eigenvalue weighted by Crippen LogP contribution is -2.62. The SMILES string of the molecule is OC12COCC13CNCC3C2. The predicted octanol–water partition coefficient (Wildman–Crippen LogP) is -0.643. The highest BCUT2D eigenvalue weighted by Gasteiger charge is 2.69. The van der Waals surface area contributed by atoms with E-state index in [9.17, 15) is 5.11 Å². The molecule has 0 aromatic rings. The fourth-order valence-electron chi connectivity index (χ4n) is 3.01. The fraction of sp³-hybridized carbons (Fsp3) is 1.00. The third kappa shape index (κ3) is 0.504. The number of nitrogens with one attached hydrogen (secondary N) is 1. The third-order valence-electron chi connectivity index (χ3n) is 3.82. The molecule has 0 aromatic heterocycles. The lowest BCUT2D eigenvalue weighted by molar-refractivity contribution is -0.152. The van der Waals surface area contributed by atoms with Crippen LogP contribution in [0.15, 0.2) is 0 Å². The van der Waals surface area contributed by atoms with Crippen molar-refractivity contribution in [1.82, 2.24) is 5.32 Å². The summed E-state index contributed by atoms with van der Waals surface area (Å²) in [5.74, 6) is 0.676. The molecule has 1 aliphatic carbocycles. The predicted molar refractivity (Wildman–Crippen MR) is 39.2 cm³/mol. The highest BCUT2D eigenvalue weighted by atomic mass is 16.5. The van der Waals surface area contributed by atoms with Crippen molar-refractivity contribution >= 4 is 0 Å². The average molecular weight is 155 g/mol. The highest BCUT2D eigenvalue weighted by molar-refractivity contribution is 5.20. The number of rotatable bonds is 0. The Labute approximate surface area is 65.7 Å². The Bertz CT molecular complexity index is 204. The van der Waals surface area contributed by atoms with Gasteiger partial charge in [0, 0.05) is 12.0 Å². The van der Waals surface area contributed by atoms with Gasteiger partial charge in [-0.25, -0.2) is 0 Å². The number of hydrogen-bond donors (Lipinski definition) is 2. The van der Waals surface area contributed by atoms with Crippen molar-refractivity contribution < 1.29 is 9.84 Å². The van der Waals surface area contributed by atoms with Crippen molar-refractivity contribution in [3.63, 3.8) is 0 Å². The summed E-state index contributed by atoms with van der Waals surface area (Å²) >= 11 is 0. The molecule has 3 rings (SSSR count). The molecule has 2 heterocycles. The standard InChI is InChI=1S/C8H13NO2/c10-8-1-6-2-9-3-7(6,8)4-11-5-8/h6,9-10H,1-5H2. The van der Waals surface area contributed by atoms with Gasteiger partial charge in [0.05, 0.1) is 18.8 Å². The third-order valence-corrected chi connectivity index (χ3v) is 3.82. The summed E-state index contributed by atoms with van der Waals surface area (Å²) in [5, 5.41) is 13.4. The highest BCUT2D eigenvalue weighted by Crippen LogP contribution is 2.59. The molecule has 0 bridgehead atoms. The van der Waals surface area contributed by atoms with Crippen LogP contribution in [0.1, 0.15) is 6.42 Å². The van der Waals surface area contributed by atoms with E-state index >= 15 is 0 Å². The van der Waals surface area contributed by atoms with E-state index in [2.05, 4.69) is 5.32 Å². The molecule has 2 N–H and O–H groups in total. The van der Waals surface area contributed by atoms with Gasteiger partial charge >= 0.3 is 0 Å². The van der Waals surface area contributed by atoms with Gasteiger partial charge in [0.1, 0.15) is 0 Å². The summed E-state index contributed by atoms with van der Waals surface area (Å²) in [5.41, 5.74) is -0.367. The Morgan fingerprint density at radius 1 is 1.45 bits per heavy atom. The molecule has 11 heavy (non-hydrogen) atoms. The molecule has 0 aromatic carbocycles. The van der Waals surface area contributed by atoms with E-state index in [1.807, 2.05) is 0 Å².